The van der Waals surface area contributed by atoms with Crippen molar-refractivity contribution in [3.05, 3.63) is 53.8 Å². The molecule has 0 aliphatic heterocycles. The Bertz CT molecular complexity index is 420. The minimum atomic E-state index is 0.429. The molecule has 0 fully saturated rings. The molecule has 2 aromatic rings. The molecular formula is C12H13ClN2O. The van der Waals surface area contributed by atoms with Crippen LogP contribution in [0.3, 0.4) is 0 Å². The maximum absolute atomic E-state index is 5.72. The molecule has 16 heavy (non-hydrogen) atoms. The highest BCUT2D eigenvalue weighted by Gasteiger charge is 1.96. The topological polar surface area (TPSA) is 48.1 Å². The molecule has 0 radical (unpaired) electrons. The van der Waals surface area contributed by atoms with E-state index in [2.05, 4.69) is 10.7 Å². The molecule has 0 unspecified atom stereocenters. The highest BCUT2D eigenvalue weighted by Crippen LogP contribution is 2.21. The normalized spacial score (nSPS) is 8.94. The van der Waals surface area contributed by atoms with Crippen LogP contribution in [-0.2, 0) is 0 Å². The quantitative estimate of drug-likeness (QED) is 0.815. The second kappa shape index (κ2) is 6.82. The molecule has 2 rings (SSSR count). The van der Waals surface area contributed by atoms with Crippen LogP contribution in [0.15, 0.2) is 48.7 Å². The van der Waals surface area contributed by atoms with Crippen molar-refractivity contribution in [1.29, 1.82) is 0 Å². The van der Waals surface area contributed by atoms with Crippen molar-refractivity contribution in [2.45, 2.75) is 0 Å². The van der Waals surface area contributed by atoms with E-state index >= 15 is 0 Å². The lowest BCUT2D eigenvalue weighted by atomic mass is 10.3. The molecule has 4 heteroatoms. The summed E-state index contributed by atoms with van der Waals surface area (Å²) >= 11 is 5.72. The standard InChI is InChI=1S/C11H8ClNO.CH5N/c12-11-8-10(6-7-13-11)14-9-4-2-1-3-5-9;1-2/h1-8H;2H2,1H3. The number of pyridine rings is 1. The Balaban J connectivity index is 0.000000606. The molecule has 3 nitrogen and oxygen atoms in total. The summed E-state index contributed by atoms with van der Waals surface area (Å²) in [7, 11) is 1.50. The zero-order valence-electron chi connectivity index (χ0n) is 8.93. The average Bonchev–Trinajstić information content (AvgIpc) is 2.33. The van der Waals surface area contributed by atoms with E-state index in [9.17, 15) is 0 Å². The van der Waals surface area contributed by atoms with Crippen molar-refractivity contribution in [3.8, 4) is 11.5 Å². The van der Waals surface area contributed by atoms with E-state index in [1.807, 2.05) is 30.3 Å². The number of nitrogens with two attached hydrogens (primary N) is 1. The van der Waals surface area contributed by atoms with Gasteiger partial charge in [-0.05, 0) is 25.2 Å². The van der Waals surface area contributed by atoms with E-state index in [0.29, 0.717) is 10.9 Å². The third-order valence-corrected chi connectivity index (χ3v) is 1.88. The van der Waals surface area contributed by atoms with Gasteiger partial charge in [0.25, 0.3) is 0 Å². The molecule has 0 saturated heterocycles. The van der Waals surface area contributed by atoms with Crippen LogP contribution in [0.4, 0.5) is 0 Å². The fourth-order valence-electron chi connectivity index (χ4n) is 1.07. The maximum Gasteiger partial charge on any atom is 0.132 e. The summed E-state index contributed by atoms with van der Waals surface area (Å²) < 4.78 is 5.53. The van der Waals surface area contributed by atoms with Gasteiger partial charge in [0.2, 0.25) is 0 Å². The SMILES string of the molecule is CN.Clc1cc(Oc2ccccc2)ccn1. The van der Waals surface area contributed by atoms with Crippen LogP contribution in [0.5, 0.6) is 11.5 Å². The summed E-state index contributed by atoms with van der Waals surface area (Å²) in [4.78, 5) is 3.87. The van der Waals surface area contributed by atoms with Crippen molar-refractivity contribution in [2.24, 2.45) is 5.73 Å². The Labute approximate surface area is 99.8 Å². The molecule has 0 atom stereocenters. The fourth-order valence-corrected chi connectivity index (χ4v) is 1.24. The summed E-state index contributed by atoms with van der Waals surface area (Å²) in [5.74, 6) is 1.48. The van der Waals surface area contributed by atoms with Gasteiger partial charge in [0.05, 0.1) is 0 Å². The second-order valence-electron chi connectivity index (χ2n) is 2.73. The average molecular weight is 237 g/mol. The van der Waals surface area contributed by atoms with E-state index in [1.54, 1.807) is 18.3 Å². The maximum atomic E-state index is 5.72. The number of benzene rings is 1. The molecule has 0 bridgehead atoms. The van der Waals surface area contributed by atoms with Gasteiger partial charge in [0, 0.05) is 12.3 Å². The van der Waals surface area contributed by atoms with Crippen LogP contribution in [0, 0.1) is 0 Å². The summed E-state index contributed by atoms with van der Waals surface area (Å²) in [5.41, 5.74) is 4.50. The number of halogens is 1. The van der Waals surface area contributed by atoms with Crippen LogP contribution >= 0.6 is 11.6 Å². The van der Waals surface area contributed by atoms with Crippen LogP contribution < -0.4 is 10.5 Å². The van der Waals surface area contributed by atoms with Crippen LogP contribution in [0.25, 0.3) is 0 Å². The largest absolute Gasteiger partial charge is 0.457 e. The van der Waals surface area contributed by atoms with Gasteiger partial charge in [-0.15, -0.1) is 0 Å². The van der Waals surface area contributed by atoms with Crippen LogP contribution in [0.1, 0.15) is 0 Å². The fraction of sp³-hybridized carbons (Fsp3) is 0.0833. The van der Waals surface area contributed by atoms with Gasteiger partial charge in [-0.3, -0.25) is 0 Å². The lowest BCUT2D eigenvalue weighted by Crippen LogP contribution is -1.84. The van der Waals surface area contributed by atoms with Gasteiger partial charge >= 0.3 is 0 Å². The van der Waals surface area contributed by atoms with E-state index in [4.69, 9.17) is 16.3 Å². The molecule has 1 aromatic carbocycles. The number of para-hydroxylation sites is 1. The van der Waals surface area contributed by atoms with Crippen molar-refractivity contribution in [2.75, 3.05) is 7.05 Å². The van der Waals surface area contributed by atoms with Gasteiger partial charge in [-0.25, -0.2) is 4.98 Å². The van der Waals surface area contributed by atoms with Gasteiger partial charge in [0.15, 0.2) is 0 Å². The summed E-state index contributed by atoms with van der Waals surface area (Å²) in [6.45, 7) is 0. The first-order valence-electron chi connectivity index (χ1n) is 4.77. The van der Waals surface area contributed by atoms with E-state index < -0.39 is 0 Å². The number of aromatic nitrogens is 1. The zero-order chi connectivity index (χ0) is 11.8. The van der Waals surface area contributed by atoms with E-state index in [0.717, 1.165) is 5.75 Å². The Morgan fingerprint density at radius 3 is 2.38 bits per heavy atom. The van der Waals surface area contributed by atoms with Crippen LogP contribution in [0.2, 0.25) is 5.15 Å². The summed E-state index contributed by atoms with van der Waals surface area (Å²) in [6.07, 6.45) is 1.61. The van der Waals surface area contributed by atoms with Gasteiger partial charge < -0.3 is 10.5 Å². The Kier molecular flexibility index (Phi) is 5.32. The minimum Gasteiger partial charge on any atom is -0.457 e. The van der Waals surface area contributed by atoms with Crippen molar-refractivity contribution in [3.63, 3.8) is 0 Å². The third-order valence-electron chi connectivity index (χ3n) is 1.68. The highest BCUT2D eigenvalue weighted by atomic mass is 35.5. The van der Waals surface area contributed by atoms with Gasteiger partial charge in [-0.1, -0.05) is 29.8 Å². The minimum absolute atomic E-state index is 0.429. The Hall–Kier alpha value is -1.58. The summed E-state index contributed by atoms with van der Waals surface area (Å²) in [6, 6.07) is 13.0. The second-order valence-corrected chi connectivity index (χ2v) is 3.12. The van der Waals surface area contributed by atoms with E-state index in [1.165, 1.54) is 7.05 Å². The molecule has 0 amide bonds. The molecule has 0 spiro atoms. The number of hydrogen-bond acceptors (Lipinski definition) is 3. The molecule has 0 aliphatic rings. The molecule has 1 aromatic heterocycles. The molecule has 0 saturated carbocycles. The first kappa shape index (κ1) is 12.5. The molecular weight excluding hydrogens is 224 g/mol. The molecule has 0 aliphatic carbocycles. The molecule has 2 N–H and O–H groups in total. The smallest absolute Gasteiger partial charge is 0.132 e. The number of rotatable bonds is 2. The van der Waals surface area contributed by atoms with Gasteiger partial charge in [0.1, 0.15) is 16.7 Å². The Morgan fingerprint density at radius 1 is 1.06 bits per heavy atom. The zero-order valence-corrected chi connectivity index (χ0v) is 9.69. The third kappa shape index (κ3) is 3.88. The van der Waals surface area contributed by atoms with Crippen LogP contribution in [-0.4, -0.2) is 12.0 Å². The predicted octanol–water partition coefficient (Wildman–Crippen LogP) is 3.10. The lowest BCUT2D eigenvalue weighted by molar-refractivity contribution is 0.482. The highest BCUT2D eigenvalue weighted by molar-refractivity contribution is 6.29. The van der Waals surface area contributed by atoms with E-state index in [-0.39, 0.29) is 0 Å². The first-order valence-corrected chi connectivity index (χ1v) is 5.14. The number of nitrogens with zero attached hydrogens (tertiary/aromatic N) is 1. The lowest BCUT2D eigenvalue weighted by Gasteiger charge is -2.04. The predicted molar refractivity (Wildman–Crippen MR) is 65.9 cm³/mol. The monoisotopic (exact) mass is 236 g/mol. The van der Waals surface area contributed by atoms with Crippen molar-refractivity contribution >= 4 is 11.6 Å². The first-order chi connectivity index (χ1) is 7.84. The summed E-state index contributed by atoms with van der Waals surface area (Å²) in [5, 5.41) is 0.429. The van der Waals surface area contributed by atoms with Crippen molar-refractivity contribution < 1.29 is 4.74 Å². The molecule has 84 valence electrons. The number of ether oxygens (including phenoxy) is 1. The molecule has 1 heterocycles. The van der Waals surface area contributed by atoms with Gasteiger partial charge in [-0.2, -0.15) is 0 Å². The van der Waals surface area contributed by atoms with Crippen molar-refractivity contribution in [1.82, 2.24) is 4.98 Å². The number of hydrogen-bond donors (Lipinski definition) is 1. The Morgan fingerprint density at radius 2 is 1.75 bits per heavy atom.